The van der Waals surface area contributed by atoms with E-state index in [1.54, 1.807) is 0 Å². The van der Waals surface area contributed by atoms with Crippen molar-refractivity contribution < 1.29 is 4.74 Å². The highest BCUT2D eigenvalue weighted by Crippen LogP contribution is 2.32. The molecule has 0 N–H and O–H groups in total. The van der Waals surface area contributed by atoms with Gasteiger partial charge in [0, 0.05) is 25.0 Å². The number of aryl methyl sites for hydroxylation is 1. The van der Waals surface area contributed by atoms with Gasteiger partial charge in [-0.1, -0.05) is 18.6 Å². The number of benzene rings is 1. The van der Waals surface area contributed by atoms with Gasteiger partial charge in [0.25, 0.3) is 0 Å². The van der Waals surface area contributed by atoms with E-state index in [9.17, 15) is 0 Å². The van der Waals surface area contributed by atoms with Crippen molar-refractivity contribution in [1.29, 1.82) is 0 Å². The Morgan fingerprint density at radius 2 is 1.96 bits per heavy atom. The van der Waals surface area contributed by atoms with Crippen LogP contribution in [0.5, 0.6) is 5.75 Å². The molecule has 2 heterocycles. The van der Waals surface area contributed by atoms with Crippen LogP contribution in [0.15, 0.2) is 42.7 Å². The predicted molar refractivity (Wildman–Crippen MR) is 97.2 cm³/mol. The Hall–Kier alpha value is -1.81. The van der Waals surface area contributed by atoms with E-state index in [4.69, 9.17) is 4.74 Å². The van der Waals surface area contributed by atoms with E-state index in [0.717, 1.165) is 18.9 Å². The van der Waals surface area contributed by atoms with Gasteiger partial charge in [-0.2, -0.15) is 5.10 Å². The van der Waals surface area contributed by atoms with Crippen LogP contribution in [0.2, 0.25) is 0 Å². The maximum absolute atomic E-state index is 5.55. The molecule has 1 atom stereocenters. The SMILES string of the molecule is CCOc1ccc(C2CCCN2CCCCCn2cccn2)cc1. The summed E-state index contributed by atoms with van der Waals surface area (Å²) in [5, 5.41) is 4.26. The van der Waals surface area contributed by atoms with E-state index in [2.05, 4.69) is 34.3 Å². The zero-order valence-corrected chi connectivity index (χ0v) is 14.7. The molecule has 4 heteroatoms. The Morgan fingerprint density at radius 3 is 2.71 bits per heavy atom. The zero-order chi connectivity index (χ0) is 16.6. The fraction of sp³-hybridized carbons (Fsp3) is 0.550. The molecule has 0 aliphatic carbocycles. The molecule has 2 aromatic rings. The van der Waals surface area contributed by atoms with Gasteiger partial charge in [0.1, 0.15) is 5.75 Å². The van der Waals surface area contributed by atoms with E-state index in [0.29, 0.717) is 6.04 Å². The molecular weight excluding hydrogens is 298 g/mol. The van der Waals surface area contributed by atoms with Gasteiger partial charge in [-0.25, -0.2) is 0 Å². The van der Waals surface area contributed by atoms with E-state index in [1.165, 1.54) is 50.8 Å². The maximum Gasteiger partial charge on any atom is 0.119 e. The molecule has 3 rings (SSSR count). The van der Waals surface area contributed by atoms with Gasteiger partial charge in [-0.3, -0.25) is 9.58 Å². The Morgan fingerprint density at radius 1 is 1.12 bits per heavy atom. The van der Waals surface area contributed by atoms with Crippen LogP contribution in [0.4, 0.5) is 0 Å². The average Bonchev–Trinajstić information content (AvgIpc) is 3.27. The topological polar surface area (TPSA) is 30.3 Å². The third-order valence-electron chi connectivity index (χ3n) is 4.83. The molecule has 1 unspecified atom stereocenters. The number of hydrogen-bond donors (Lipinski definition) is 0. The minimum absolute atomic E-state index is 0.590. The highest BCUT2D eigenvalue weighted by molar-refractivity contribution is 5.29. The molecule has 0 amide bonds. The smallest absolute Gasteiger partial charge is 0.119 e. The minimum atomic E-state index is 0.590. The van der Waals surface area contributed by atoms with Crippen LogP contribution in [0.3, 0.4) is 0 Å². The summed E-state index contributed by atoms with van der Waals surface area (Å²) in [6.07, 6.45) is 10.2. The van der Waals surface area contributed by atoms with Gasteiger partial charge in [-0.05, 0) is 69.5 Å². The summed E-state index contributed by atoms with van der Waals surface area (Å²) in [4.78, 5) is 2.66. The fourth-order valence-electron chi connectivity index (χ4n) is 3.62. The van der Waals surface area contributed by atoms with Crippen LogP contribution >= 0.6 is 0 Å². The van der Waals surface area contributed by atoms with Crippen LogP contribution in [0, 0.1) is 0 Å². The van der Waals surface area contributed by atoms with E-state index in [-0.39, 0.29) is 0 Å². The number of ether oxygens (including phenoxy) is 1. The van der Waals surface area contributed by atoms with Crippen LogP contribution in [0.1, 0.15) is 50.6 Å². The van der Waals surface area contributed by atoms with Gasteiger partial charge in [0.2, 0.25) is 0 Å². The number of rotatable bonds is 9. The third kappa shape index (κ3) is 4.60. The standard InChI is InChI=1S/C20H29N3O/c1-2-24-19-11-9-18(10-12-19)20-8-6-15-22(20)14-4-3-5-16-23-17-7-13-21-23/h7,9-13,17,20H,2-6,8,14-16H2,1H3. The van der Waals surface area contributed by atoms with Crippen LogP contribution in [-0.2, 0) is 6.54 Å². The Labute approximate surface area is 145 Å². The number of hydrogen-bond acceptors (Lipinski definition) is 3. The van der Waals surface area contributed by atoms with E-state index < -0.39 is 0 Å². The van der Waals surface area contributed by atoms with Crippen LogP contribution in [-0.4, -0.2) is 34.4 Å². The molecule has 0 radical (unpaired) electrons. The monoisotopic (exact) mass is 327 g/mol. The molecule has 1 fully saturated rings. The Bertz CT molecular complexity index is 579. The van der Waals surface area contributed by atoms with Crippen molar-refractivity contribution in [1.82, 2.24) is 14.7 Å². The molecule has 1 aliphatic heterocycles. The predicted octanol–water partition coefficient (Wildman–Crippen LogP) is 4.29. The lowest BCUT2D eigenvalue weighted by Gasteiger charge is -2.25. The second kappa shape index (κ2) is 8.88. The summed E-state index contributed by atoms with van der Waals surface area (Å²) in [5.74, 6) is 0.976. The highest BCUT2D eigenvalue weighted by atomic mass is 16.5. The second-order valence-corrected chi connectivity index (χ2v) is 6.53. The van der Waals surface area contributed by atoms with Gasteiger partial charge in [0.15, 0.2) is 0 Å². The van der Waals surface area contributed by atoms with Crippen molar-refractivity contribution >= 4 is 0 Å². The largest absolute Gasteiger partial charge is 0.494 e. The fourth-order valence-corrected chi connectivity index (χ4v) is 3.62. The lowest BCUT2D eigenvalue weighted by Crippen LogP contribution is -2.24. The van der Waals surface area contributed by atoms with Crippen molar-refractivity contribution in [3.8, 4) is 5.75 Å². The molecule has 1 aromatic carbocycles. The number of unbranched alkanes of at least 4 members (excludes halogenated alkanes) is 2. The van der Waals surface area contributed by atoms with E-state index >= 15 is 0 Å². The van der Waals surface area contributed by atoms with Crippen molar-refractivity contribution in [2.75, 3.05) is 19.7 Å². The maximum atomic E-state index is 5.55. The normalized spacial score (nSPS) is 18.1. The van der Waals surface area contributed by atoms with Crippen molar-refractivity contribution in [2.45, 2.75) is 51.6 Å². The van der Waals surface area contributed by atoms with Crippen molar-refractivity contribution in [3.63, 3.8) is 0 Å². The molecular formula is C20H29N3O. The van der Waals surface area contributed by atoms with E-state index in [1.807, 2.05) is 30.1 Å². The average molecular weight is 327 g/mol. The Balaban J connectivity index is 1.43. The van der Waals surface area contributed by atoms with Crippen LogP contribution in [0.25, 0.3) is 0 Å². The molecule has 1 aromatic heterocycles. The van der Waals surface area contributed by atoms with Crippen molar-refractivity contribution in [3.05, 3.63) is 48.3 Å². The quantitative estimate of drug-likeness (QED) is 0.644. The van der Waals surface area contributed by atoms with Gasteiger partial charge < -0.3 is 4.74 Å². The number of nitrogens with zero attached hydrogens (tertiary/aromatic N) is 3. The summed E-state index contributed by atoms with van der Waals surface area (Å²) in [6.45, 7) is 6.23. The van der Waals surface area contributed by atoms with Gasteiger partial charge in [-0.15, -0.1) is 0 Å². The second-order valence-electron chi connectivity index (χ2n) is 6.53. The zero-order valence-electron chi connectivity index (χ0n) is 14.7. The Kier molecular flexibility index (Phi) is 6.30. The first-order valence-corrected chi connectivity index (χ1v) is 9.31. The number of likely N-dealkylation sites (tertiary alicyclic amines) is 1. The molecule has 0 saturated carbocycles. The molecule has 0 spiro atoms. The van der Waals surface area contributed by atoms with Gasteiger partial charge >= 0.3 is 0 Å². The van der Waals surface area contributed by atoms with Crippen molar-refractivity contribution in [2.24, 2.45) is 0 Å². The third-order valence-corrected chi connectivity index (χ3v) is 4.83. The lowest BCUT2D eigenvalue weighted by atomic mass is 10.0. The molecule has 1 aliphatic rings. The molecule has 130 valence electrons. The molecule has 0 bridgehead atoms. The summed E-state index contributed by atoms with van der Waals surface area (Å²) in [5.41, 5.74) is 1.44. The summed E-state index contributed by atoms with van der Waals surface area (Å²) in [6, 6.07) is 11.3. The summed E-state index contributed by atoms with van der Waals surface area (Å²) < 4.78 is 7.58. The first-order valence-electron chi connectivity index (χ1n) is 9.31. The molecule has 4 nitrogen and oxygen atoms in total. The summed E-state index contributed by atoms with van der Waals surface area (Å²) in [7, 11) is 0. The van der Waals surface area contributed by atoms with Crippen LogP contribution < -0.4 is 4.74 Å². The first kappa shape index (κ1) is 17.0. The minimum Gasteiger partial charge on any atom is -0.494 e. The molecule has 24 heavy (non-hydrogen) atoms. The summed E-state index contributed by atoms with van der Waals surface area (Å²) >= 11 is 0. The first-order chi connectivity index (χ1) is 11.9. The molecule has 1 saturated heterocycles. The van der Waals surface area contributed by atoms with Gasteiger partial charge in [0.05, 0.1) is 6.61 Å². The lowest BCUT2D eigenvalue weighted by molar-refractivity contribution is 0.250. The highest BCUT2D eigenvalue weighted by Gasteiger charge is 2.25. The number of aromatic nitrogens is 2.